The molecule has 0 aromatic carbocycles. The van der Waals surface area contributed by atoms with Gasteiger partial charge >= 0.3 is 0 Å². The average Bonchev–Trinajstić information content (AvgIpc) is 2.52. The number of aryl methyl sites for hydroxylation is 2. The molecule has 11 heavy (non-hydrogen) atoms. The maximum atomic E-state index is 4.47. The van der Waals surface area contributed by atoms with Crippen molar-refractivity contribution in [3.8, 4) is 0 Å². The Morgan fingerprint density at radius 1 is 1.45 bits per heavy atom. The summed E-state index contributed by atoms with van der Waals surface area (Å²) in [5, 5.41) is 4.22. The molecule has 0 saturated carbocycles. The van der Waals surface area contributed by atoms with Crippen LogP contribution >= 0.6 is 11.3 Å². The lowest BCUT2D eigenvalue weighted by atomic mass is 10.4. The maximum Gasteiger partial charge on any atom is 0.212 e. The Bertz CT molecular complexity index is 401. The molecule has 0 saturated heterocycles. The Kier molecular flexibility index (Phi) is 0.946. The minimum Gasteiger partial charge on any atom is -0.222 e. The fourth-order valence-electron chi connectivity index (χ4n) is 1.65. The molecule has 4 heteroatoms. The summed E-state index contributed by atoms with van der Waals surface area (Å²) in [6.07, 6.45) is 3.55. The first kappa shape index (κ1) is 5.71. The minimum atomic E-state index is 1.05. The molecule has 0 fully saturated rings. The topological polar surface area (TPSA) is 30.2 Å². The van der Waals surface area contributed by atoms with Crippen molar-refractivity contribution in [3.63, 3.8) is 0 Å². The number of hydrogen-bond acceptors (Lipinski definition) is 3. The Morgan fingerprint density at radius 3 is 3.45 bits per heavy atom. The third-order valence-electron chi connectivity index (χ3n) is 2.15. The molecular formula is C7H7N3S. The third kappa shape index (κ3) is 0.625. The number of hydrogen-bond donors (Lipinski definition) is 0. The zero-order valence-corrected chi connectivity index (χ0v) is 6.77. The van der Waals surface area contributed by atoms with Gasteiger partial charge in [0.25, 0.3) is 0 Å². The fraction of sp³-hybridized carbons (Fsp3) is 0.429. The maximum absolute atomic E-state index is 4.47. The van der Waals surface area contributed by atoms with Crippen LogP contribution in [-0.2, 0) is 12.8 Å². The minimum absolute atomic E-state index is 1.05. The van der Waals surface area contributed by atoms with Crippen LogP contribution in [0.3, 0.4) is 0 Å². The summed E-state index contributed by atoms with van der Waals surface area (Å²) in [6, 6.07) is 0. The van der Waals surface area contributed by atoms with Crippen molar-refractivity contribution in [2.75, 3.05) is 0 Å². The van der Waals surface area contributed by atoms with Crippen LogP contribution in [-0.4, -0.2) is 14.6 Å². The van der Waals surface area contributed by atoms with Gasteiger partial charge in [0.05, 0.1) is 11.4 Å². The highest BCUT2D eigenvalue weighted by Crippen LogP contribution is 2.23. The van der Waals surface area contributed by atoms with Crippen molar-refractivity contribution < 1.29 is 0 Å². The van der Waals surface area contributed by atoms with Crippen LogP contribution < -0.4 is 0 Å². The van der Waals surface area contributed by atoms with Crippen LogP contribution in [0, 0.1) is 0 Å². The van der Waals surface area contributed by atoms with E-state index in [1.807, 2.05) is 10.0 Å². The van der Waals surface area contributed by atoms with Gasteiger partial charge in [0.1, 0.15) is 5.51 Å². The molecule has 0 atom stereocenters. The lowest BCUT2D eigenvalue weighted by molar-refractivity contribution is 0.835. The van der Waals surface area contributed by atoms with Gasteiger partial charge in [-0.2, -0.15) is 5.10 Å². The highest BCUT2D eigenvalue weighted by molar-refractivity contribution is 7.14. The van der Waals surface area contributed by atoms with E-state index in [0.29, 0.717) is 0 Å². The molecule has 0 amide bonds. The van der Waals surface area contributed by atoms with E-state index >= 15 is 0 Å². The molecular weight excluding hydrogens is 158 g/mol. The van der Waals surface area contributed by atoms with E-state index in [4.69, 9.17) is 0 Å². The Labute approximate surface area is 67.7 Å². The van der Waals surface area contributed by atoms with Gasteiger partial charge < -0.3 is 0 Å². The van der Waals surface area contributed by atoms with Crippen molar-refractivity contribution in [1.29, 1.82) is 0 Å². The highest BCUT2D eigenvalue weighted by Gasteiger charge is 2.18. The number of rotatable bonds is 0. The van der Waals surface area contributed by atoms with E-state index in [1.165, 1.54) is 17.8 Å². The molecule has 0 spiro atoms. The van der Waals surface area contributed by atoms with Crippen LogP contribution in [0.15, 0.2) is 5.51 Å². The molecule has 3 rings (SSSR count). The zero-order chi connectivity index (χ0) is 7.26. The smallest absolute Gasteiger partial charge is 0.212 e. The second-order valence-corrected chi connectivity index (χ2v) is 3.60. The second-order valence-electron chi connectivity index (χ2n) is 2.79. The van der Waals surface area contributed by atoms with Crippen LogP contribution in [0.1, 0.15) is 17.8 Å². The lowest BCUT2D eigenvalue weighted by Gasteiger charge is -1.86. The summed E-state index contributed by atoms with van der Waals surface area (Å²) in [5.41, 5.74) is 4.45. The van der Waals surface area contributed by atoms with Crippen molar-refractivity contribution in [3.05, 3.63) is 16.9 Å². The summed E-state index contributed by atoms with van der Waals surface area (Å²) in [5.74, 6) is 0. The molecule has 3 nitrogen and oxygen atoms in total. The summed E-state index contributed by atoms with van der Waals surface area (Å²) < 4.78 is 1.98. The Hall–Kier alpha value is -0.900. The van der Waals surface area contributed by atoms with Crippen LogP contribution in [0.2, 0.25) is 0 Å². The number of imidazole rings is 1. The van der Waals surface area contributed by atoms with E-state index in [-0.39, 0.29) is 0 Å². The predicted octanol–water partition coefficient (Wildman–Crippen LogP) is 1.28. The van der Waals surface area contributed by atoms with Crippen molar-refractivity contribution in [1.82, 2.24) is 14.6 Å². The monoisotopic (exact) mass is 165 g/mol. The fourth-order valence-corrected chi connectivity index (χ4v) is 2.31. The van der Waals surface area contributed by atoms with Gasteiger partial charge in [-0.3, -0.25) is 0 Å². The van der Waals surface area contributed by atoms with Crippen molar-refractivity contribution in [2.45, 2.75) is 19.3 Å². The van der Waals surface area contributed by atoms with E-state index < -0.39 is 0 Å². The van der Waals surface area contributed by atoms with E-state index in [1.54, 1.807) is 11.3 Å². The quantitative estimate of drug-likeness (QED) is 0.588. The summed E-state index contributed by atoms with van der Waals surface area (Å²) in [7, 11) is 0. The van der Waals surface area contributed by atoms with Crippen LogP contribution in [0.5, 0.6) is 0 Å². The number of nitrogens with zero attached hydrogens (tertiary/aromatic N) is 3. The molecule has 1 aliphatic rings. The first-order valence-corrected chi connectivity index (χ1v) is 4.63. The molecule has 0 unspecified atom stereocenters. The SMILES string of the molecule is c1nn2c3c(nc2s1)CCC3. The summed E-state index contributed by atoms with van der Waals surface area (Å²) in [6.45, 7) is 0. The molecule has 0 radical (unpaired) electrons. The summed E-state index contributed by atoms with van der Waals surface area (Å²) >= 11 is 1.61. The first-order chi connectivity index (χ1) is 5.45. The number of fused-ring (bicyclic) bond motifs is 3. The molecule has 1 aliphatic carbocycles. The average molecular weight is 165 g/mol. The molecule has 56 valence electrons. The Balaban J connectivity index is 2.46. The van der Waals surface area contributed by atoms with Gasteiger partial charge in [0.15, 0.2) is 0 Å². The highest BCUT2D eigenvalue weighted by atomic mass is 32.1. The lowest BCUT2D eigenvalue weighted by Crippen LogP contribution is -1.88. The van der Waals surface area contributed by atoms with Crippen molar-refractivity contribution in [2.24, 2.45) is 0 Å². The second kappa shape index (κ2) is 1.82. The zero-order valence-electron chi connectivity index (χ0n) is 5.95. The van der Waals surface area contributed by atoms with Gasteiger partial charge in [0, 0.05) is 0 Å². The normalized spacial score (nSPS) is 16.0. The molecule has 0 bridgehead atoms. The van der Waals surface area contributed by atoms with E-state index in [2.05, 4.69) is 10.1 Å². The molecule has 2 aromatic heterocycles. The van der Waals surface area contributed by atoms with Crippen LogP contribution in [0.25, 0.3) is 4.96 Å². The molecule has 2 aromatic rings. The standard InChI is InChI=1S/C7H7N3S/c1-2-5-6(3-1)10-7(9-5)11-4-8-10/h4H,1-3H2. The van der Waals surface area contributed by atoms with Gasteiger partial charge in [-0.25, -0.2) is 9.50 Å². The molecule has 2 heterocycles. The molecule has 0 aliphatic heterocycles. The largest absolute Gasteiger partial charge is 0.222 e. The van der Waals surface area contributed by atoms with E-state index in [0.717, 1.165) is 17.8 Å². The molecule has 0 N–H and O–H groups in total. The van der Waals surface area contributed by atoms with Gasteiger partial charge in [0.2, 0.25) is 4.96 Å². The first-order valence-electron chi connectivity index (χ1n) is 3.75. The Morgan fingerprint density at radius 2 is 2.45 bits per heavy atom. The van der Waals surface area contributed by atoms with Crippen molar-refractivity contribution >= 4 is 16.3 Å². The van der Waals surface area contributed by atoms with Gasteiger partial charge in [-0.05, 0) is 19.3 Å². The number of aromatic nitrogens is 3. The predicted molar refractivity (Wildman–Crippen MR) is 42.9 cm³/mol. The van der Waals surface area contributed by atoms with Gasteiger partial charge in [-0.1, -0.05) is 11.3 Å². The van der Waals surface area contributed by atoms with Gasteiger partial charge in [-0.15, -0.1) is 0 Å². The van der Waals surface area contributed by atoms with E-state index in [9.17, 15) is 0 Å². The summed E-state index contributed by atoms with van der Waals surface area (Å²) in [4.78, 5) is 5.52. The van der Waals surface area contributed by atoms with Crippen LogP contribution in [0.4, 0.5) is 0 Å². The third-order valence-corrected chi connectivity index (χ3v) is 2.82.